The van der Waals surface area contributed by atoms with Gasteiger partial charge in [-0.25, -0.2) is 8.42 Å². The Bertz CT molecular complexity index is 1500. The molecule has 1 N–H and O–H groups in total. The van der Waals surface area contributed by atoms with Gasteiger partial charge in [-0.1, -0.05) is 71.1 Å². The van der Waals surface area contributed by atoms with Gasteiger partial charge in [-0.2, -0.15) is 0 Å². The van der Waals surface area contributed by atoms with Crippen molar-refractivity contribution in [1.29, 1.82) is 0 Å². The Hall–Kier alpha value is -3.17. The van der Waals surface area contributed by atoms with Gasteiger partial charge in [-0.05, 0) is 93.6 Å². The quantitative estimate of drug-likeness (QED) is 0.273. The van der Waals surface area contributed by atoms with E-state index in [1.807, 2.05) is 51.1 Å². The third-order valence-corrected chi connectivity index (χ3v) is 10.4. The van der Waals surface area contributed by atoms with Gasteiger partial charge in [-0.15, -0.1) is 0 Å². The van der Waals surface area contributed by atoms with E-state index < -0.39 is 28.5 Å². The Morgan fingerprint density at radius 2 is 1.55 bits per heavy atom. The molecule has 0 heterocycles. The van der Waals surface area contributed by atoms with Crippen LogP contribution in [0.15, 0.2) is 76.1 Å². The third-order valence-electron chi connectivity index (χ3n) is 8.05. The molecule has 3 aromatic rings. The first kappa shape index (κ1) is 31.8. The fourth-order valence-electron chi connectivity index (χ4n) is 5.18. The zero-order chi connectivity index (χ0) is 30.4. The molecular weight excluding hydrogens is 614 g/mol. The number of carbonyl (C=O) groups is 2. The van der Waals surface area contributed by atoms with Gasteiger partial charge in [0.15, 0.2) is 0 Å². The number of anilines is 1. The van der Waals surface area contributed by atoms with Gasteiger partial charge in [-0.3, -0.25) is 13.9 Å². The molecule has 0 radical (unpaired) electrons. The maximum absolute atomic E-state index is 14.2. The van der Waals surface area contributed by atoms with Crippen molar-refractivity contribution >= 4 is 43.5 Å². The van der Waals surface area contributed by atoms with Crippen LogP contribution >= 0.6 is 15.9 Å². The molecule has 42 heavy (non-hydrogen) atoms. The number of rotatable bonds is 10. The van der Waals surface area contributed by atoms with Crippen LogP contribution in [0.25, 0.3) is 0 Å². The fraction of sp³-hybridized carbons (Fsp3) is 0.394. The van der Waals surface area contributed by atoms with E-state index in [-0.39, 0.29) is 23.4 Å². The van der Waals surface area contributed by atoms with Crippen LogP contribution in [0.4, 0.5) is 5.69 Å². The van der Waals surface area contributed by atoms with E-state index in [1.54, 1.807) is 43.3 Å². The molecule has 0 saturated heterocycles. The zero-order valence-electron chi connectivity index (χ0n) is 24.8. The number of nitrogens with zero attached hydrogens (tertiary/aromatic N) is 2. The van der Waals surface area contributed by atoms with Crippen LogP contribution in [0.3, 0.4) is 0 Å². The highest BCUT2D eigenvalue weighted by Crippen LogP contribution is 2.27. The Morgan fingerprint density at radius 3 is 2.17 bits per heavy atom. The number of carbonyl (C=O) groups excluding carboxylic acids is 2. The third kappa shape index (κ3) is 7.81. The number of hydrogen-bond donors (Lipinski definition) is 1. The highest BCUT2D eigenvalue weighted by Gasteiger charge is 2.33. The summed E-state index contributed by atoms with van der Waals surface area (Å²) in [6.45, 7) is 7.18. The van der Waals surface area contributed by atoms with E-state index in [2.05, 4.69) is 21.2 Å². The molecule has 4 rings (SSSR count). The fourth-order valence-corrected chi connectivity index (χ4v) is 6.86. The van der Waals surface area contributed by atoms with E-state index in [9.17, 15) is 18.0 Å². The van der Waals surface area contributed by atoms with Gasteiger partial charge in [0.1, 0.15) is 12.6 Å². The van der Waals surface area contributed by atoms with Gasteiger partial charge in [0.25, 0.3) is 10.0 Å². The summed E-state index contributed by atoms with van der Waals surface area (Å²) < 4.78 is 30.1. The lowest BCUT2D eigenvalue weighted by molar-refractivity contribution is -0.139. The van der Waals surface area contributed by atoms with Gasteiger partial charge in [0.05, 0.1) is 10.6 Å². The molecule has 1 aliphatic carbocycles. The van der Waals surface area contributed by atoms with Crippen LogP contribution in [0.2, 0.25) is 0 Å². The molecule has 7 nitrogen and oxygen atoms in total. The second-order valence-electron chi connectivity index (χ2n) is 11.3. The van der Waals surface area contributed by atoms with Crippen molar-refractivity contribution in [1.82, 2.24) is 10.2 Å². The van der Waals surface area contributed by atoms with Crippen LogP contribution in [-0.4, -0.2) is 43.8 Å². The normalized spacial score (nSPS) is 14.7. The zero-order valence-corrected chi connectivity index (χ0v) is 27.2. The topological polar surface area (TPSA) is 86.8 Å². The maximum atomic E-state index is 14.2. The van der Waals surface area contributed by atoms with Crippen molar-refractivity contribution < 1.29 is 18.0 Å². The first-order valence-electron chi connectivity index (χ1n) is 14.5. The summed E-state index contributed by atoms with van der Waals surface area (Å²) in [5.74, 6) is -0.690. The molecule has 3 aromatic carbocycles. The van der Waals surface area contributed by atoms with Gasteiger partial charge in [0, 0.05) is 17.1 Å². The Labute approximate surface area is 258 Å². The van der Waals surface area contributed by atoms with Crippen LogP contribution < -0.4 is 9.62 Å². The smallest absolute Gasteiger partial charge is 0.264 e. The average Bonchev–Trinajstić information content (AvgIpc) is 2.97. The minimum Gasteiger partial charge on any atom is -0.352 e. The number of aryl methyl sites for hydroxylation is 3. The van der Waals surface area contributed by atoms with E-state index >= 15 is 0 Å². The van der Waals surface area contributed by atoms with E-state index in [4.69, 9.17) is 0 Å². The number of amides is 2. The predicted octanol–water partition coefficient (Wildman–Crippen LogP) is 6.44. The second-order valence-corrected chi connectivity index (χ2v) is 14.0. The summed E-state index contributed by atoms with van der Waals surface area (Å²) in [5, 5.41) is 3.14. The minimum absolute atomic E-state index is 0.0901. The van der Waals surface area contributed by atoms with Gasteiger partial charge >= 0.3 is 0 Å². The molecule has 0 aliphatic heterocycles. The highest BCUT2D eigenvalue weighted by molar-refractivity contribution is 9.10. The lowest BCUT2D eigenvalue weighted by atomic mass is 9.95. The maximum Gasteiger partial charge on any atom is 0.264 e. The number of sulfonamides is 1. The standard InChI is InChI=1S/C33H40BrN3O4S/c1-23-10-18-31(19-11-23)42(40,41)37(30-17-12-24(2)25(3)20-30)22-32(38)36(21-27-13-15-28(34)16-14-27)26(4)33(39)35-29-8-6-5-7-9-29/h10-20,26,29H,5-9,21-22H2,1-4H3,(H,35,39). The number of benzene rings is 3. The largest absolute Gasteiger partial charge is 0.352 e. The van der Waals surface area contributed by atoms with E-state index in [1.165, 1.54) is 11.3 Å². The molecule has 224 valence electrons. The summed E-state index contributed by atoms with van der Waals surface area (Å²) in [7, 11) is -4.10. The Kier molecular flexibility index (Phi) is 10.5. The van der Waals surface area contributed by atoms with Crippen LogP contribution in [-0.2, 0) is 26.2 Å². The summed E-state index contributed by atoms with van der Waals surface area (Å²) >= 11 is 3.45. The first-order chi connectivity index (χ1) is 20.0. The van der Waals surface area contributed by atoms with Crippen molar-refractivity contribution in [3.8, 4) is 0 Å². The van der Waals surface area contributed by atoms with Crippen molar-refractivity contribution in [2.24, 2.45) is 0 Å². The number of hydrogen-bond acceptors (Lipinski definition) is 4. The molecule has 1 aliphatic rings. The lowest BCUT2D eigenvalue weighted by Gasteiger charge is -2.33. The Morgan fingerprint density at radius 1 is 0.905 bits per heavy atom. The molecule has 2 amide bonds. The van der Waals surface area contributed by atoms with Crippen molar-refractivity contribution in [2.75, 3.05) is 10.8 Å². The predicted molar refractivity (Wildman–Crippen MR) is 171 cm³/mol. The lowest BCUT2D eigenvalue weighted by Crippen LogP contribution is -2.53. The summed E-state index contributed by atoms with van der Waals surface area (Å²) in [4.78, 5) is 29.2. The summed E-state index contributed by atoms with van der Waals surface area (Å²) in [6, 6.07) is 18.8. The minimum atomic E-state index is -4.10. The molecule has 9 heteroatoms. The van der Waals surface area contributed by atoms with E-state index in [0.29, 0.717) is 5.69 Å². The van der Waals surface area contributed by atoms with Crippen LogP contribution in [0.5, 0.6) is 0 Å². The van der Waals surface area contributed by atoms with Crippen molar-refractivity contribution in [2.45, 2.75) is 83.3 Å². The highest BCUT2D eigenvalue weighted by atomic mass is 79.9. The molecule has 1 unspecified atom stereocenters. The van der Waals surface area contributed by atoms with Crippen LogP contribution in [0.1, 0.15) is 61.3 Å². The van der Waals surface area contributed by atoms with Gasteiger partial charge in [0.2, 0.25) is 11.8 Å². The monoisotopic (exact) mass is 653 g/mol. The summed E-state index contributed by atoms with van der Waals surface area (Å²) in [6.07, 6.45) is 5.16. The van der Waals surface area contributed by atoms with E-state index in [0.717, 1.165) is 56.7 Å². The summed E-state index contributed by atoms with van der Waals surface area (Å²) in [5.41, 5.74) is 4.10. The van der Waals surface area contributed by atoms with Crippen molar-refractivity contribution in [3.05, 3.63) is 93.5 Å². The molecule has 1 atom stereocenters. The number of halogens is 1. The van der Waals surface area contributed by atoms with Crippen LogP contribution in [0, 0.1) is 20.8 Å². The first-order valence-corrected chi connectivity index (χ1v) is 16.7. The Balaban J connectivity index is 1.69. The average molecular weight is 655 g/mol. The SMILES string of the molecule is Cc1ccc(S(=O)(=O)N(CC(=O)N(Cc2ccc(Br)cc2)C(C)C(=O)NC2CCCCC2)c2ccc(C)c(C)c2)cc1. The molecule has 0 aromatic heterocycles. The van der Waals surface area contributed by atoms with Crippen molar-refractivity contribution in [3.63, 3.8) is 0 Å². The number of nitrogens with one attached hydrogen (secondary N) is 1. The van der Waals surface area contributed by atoms with Gasteiger partial charge < -0.3 is 10.2 Å². The molecular formula is C33H40BrN3O4S. The second kappa shape index (κ2) is 13.9. The molecule has 1 fully saturated rings. The molecule has 1 saturated carbocycles. The molecule has 0 spiro atoms. The molecule has 0 bridgehead atoms.